The number of anilines is 1. The first-order valence-electron chi connectivity index (χ1n) is 3.16. The Hall–Kier alpha value is -1.19. The predicted molar refractivity (Wildman–Crippen MR) is 38.9 cm³/mol. The van der Waals surface area contributed by atoms with E-state index in [1.54, 1.807) is 7.11 Å². The van der Waals surface area contributed by atoms with Crippen LogP contribution in [0.3, 0.4) is 0 Å². The largest absolute Gasteiger partial charge is 0.491 e. The Labute approximate surface area is 59.4 Å². The minimum absolute atomic E-state index is 0.430. The zero-order valence-corrected chi connectivity index (χ0v) is 6.14. The smallest absolute Gasteiger partial charge is 0.188 e. The van der Waals surface area contributed by atoms with Gasteiger partial charge in [-0.3, -0.25) is 5.10 Å². The van der Waals surface area contributed by atoms with Crippen LogP contribution in [-0.2, 0) is 6.42 Å². The molecule has 0 bridgehead atoms. The molecule has 1 aromatic rings. The van der Waals surface area contributed by atoms with Crippen LogP contribution in [0.1, 0.15) is 12.6 Å². The van der Waals surface area contributed by atoms with E-state index in [-0.39, 0.29) is 0 Å². The number of hydrogen-bond acceptors (Lipinski definition) is 3. The molecule has 4 nitrogen and oxygen atoms in total. The Morgan fingerprint density at radius 2 is 2.40 bits per heavy atom. The minimum Gasteiger partial charge on any atom is -0.491 e. The highest BCUT2D eigenvalue weighted by molar-refractivity contribution is 5.48. The number of nitrogen functional groups attached to an aromatic ring is 1. The number of hydrogen-bond donors (Lipinski definition) is 2. The molecule has 0 aliphatic carbocycles. The number of ether oxygens (including phenoxy) is 1. The highest BCUT2D eigenvalue weighted by atomic mass is 16.5. The monoisotopic (exact) mass is 141 g/mol. The summed E-state index contributed by atoms with van der Waals surface area (Å²) in [6.07, 6.45) is 0.855. The molecule has 4 heteroatoms. The number of nitrogens with two attached hydrogens (primary N) is 1. The lowest BCUT2D eigenvalue weighted by Crippen LogP contribution is -1.91. The summed E-state index contributed by atoms with van der Waals surface area (Å²) < 4.78 is 4.99. The van der Waals surface area contributed by atoms with Crippen molar-refractivity contribution in [2.45, 2.75) is 13.3 Å². The molecule has 0 atom stereocenters. The molecule has 0 saturated heterocycles. The van der Waals surface area contributed by atoms with Crippen LogP contribution in [0.25, 0.3) is 0 Å². The van der Waals surface area contributed by atoms with Crippen LogP contribution in [-0.4, -0.2) is 17.3 Å². The lowest BCUT2D eigenvalue weighted by atomic mass is 10.3. The molecule has 1 aromatic heterocycles. The first-order chi connectivity index (χ1) is 4.79. The fourth-order valence-electron chi connectivity index (χ4n) is 0.851. The van der Waals surface area contributed by atoms with Crippen LogP contribution in [0.2, 0.25) is 0 Å². The summed E-state index contributed by atoms with van der Waals surface area (Å²) >= 11 is 0. The zero-order valence-electron chi connectivity index (χ0n) is 6.14. The van der Waals surface area contributed by atoms with Crippen molar-refractivity contribution in [2.24, 2.45) is 0 Å². The molecule has 0 aliphatic rings. The van der Waals surface area contributed by atoms with E-state index < -0.39 is 0 Å². The fraction of sp³-hybridized carbons (Fsp3) is 0.500. The van der Waals surface area contributed by atoms with Crippen molar-refractivity contribution in [3.05, 3.63) is 5.69 Å². The molecule has 0 aliphatic heterocycles. The van der Waals surface area contributed by atoms with Crippen LogP contribution < -0.4 is 10.5 Å². The molecule has 1 heterocycles. The van der Waals surface area contributed by atoms with Gasteiger partial charge in [-0.1, -0.05) is 6.92 Å². The van der Waals surface area contributed by atoms with Crippen molar-refractivity contribution in [3.63, 3.8) is 0 Å². The fourth-order valence-corrected chi connectivity index (χ4v) is 0.851. The minimum atomic E-state index is 0.430. The molecule has 56 valence electrons. The van der Waals surface area contributed by atoms with Gasteiger partial charge in [-0.05, 0) is 6.42 Å². The molecule has 0 amide bonds. The molecule has 1 rings (SSSR count). The quantitative estimate of drug-likeness (QED) is 0.632. The topological polar surface area (TPSA) is 63.9 Å². The summed E-state index contributed by atoms with van der Waals surface area (Å²) in [7, 11) is 1.58. The van der Waals surface area contributed by atoms with Gasteiger partial charge in [0, 0.05) is 0 Å². The van der Waals surface area contributed by atoms with Gasteiger partial charge >= 0.3 is 0 Å². The number of aromatic amines is 1. The number of aromatic nitrogens is 2. The lowest BCUT2D eigenvalue weighted by molar-refractivity contribution is 0.412. The van der Waals surface area contributed by atoms with E-state index in [9.17, 15) is 0 Å². The number of H-pyrrole nitrogens is 1. The van der Waals surface area contributed by atoms with E-state index in [1.165, 1.54) is 0 Å². The van der Waals surface area contributed by atoms with Gasteiger partial charge in [0.2, 0.25) is 0 Å². The average Bonchev–Trinajstić information content (AvgIpc) is 2.30. The van der Waals surface area contributed by atoms with Crippen molar-refractivity contribution in [3.8, 4) is 5.75 Å². The molecule has 0 spiro atoms. The maximum Gasteiger partial charge on any atom is 0.188 e. The van der Waals surface area contributed by atoms with Crippen LogP contribution in [0.15, 0.2) is 0 Å². The SMILES string of the molecule is CCc1[nH]nc(N)c1OC. The summed E-state index contributed by atoms with van der Waals surface area (Å²) in [5.41, 5.74) is 6.40. The van der Waals surface area contributed by atoms with Crippen LogP contribution in [0, 0.1) is 0 Å². The second-order valence-electron chi connectivity index (χ2n) is 1.97. The van der Waals surface area contributed by atoms with Crippen molar-refractivity contribution >= 4 is 5.82 Å². The van der Waals surface area contributed by atoms with Gasteiger partial charge < -0.3 is 10.5 Å². The molecule has 0 saturated carbocycles. The summed E-state index contributed by atoms with van der Waals surface area (Å²) in [5.74, 6) is 1.10. The van der Waals surface area contributed by atoms with Gasteiger partial charge in [-0.2, -0.15) is 5.10 Å². The molecular formula is C6H11N3O. The summed E-state index contributed by atoms with van der Waals surface area (Å²) in [6, 6.07) is 0. The van der Waals surface area contributed by atoms with E-state index in [0.29, 0.717) is 11.6 Å². The summed E-state index contributed by atoms with van der Waals surface area (Å²) in [5, 5.41) is 6.56. The number of nitrogens with zero attached hydrogens (tertiary/aromatic N) is 1. The van der Waals surface area contributed by atoms with E-state index in [0.717, 1.165) is 12.1 Å². The van der Waals surface area contributed by atoms with E-state index >= 15 is 0 Å². The molecule has 0 aromatic carbocycles. The van der Waals surface area contributed by atoms with Crippen LogP contribution in [0.5, 0.6) is 5.75 Å². The van der Waals surface area contributed by atoms with Gasteiger partial charge in [0.05, 0.1) is 12.8 Å². The van der Waals surface area contributed by atoms with Gasteiger partial charge in [-0.25, -0.2) is 0 Å². The van der Waals surface area contributed by atoms with Gasteiger partial charge in [0.15, 0.2) is 11.6 Å². The third-order valence-corrected chi connectivity index (χ3v) is 1.38. The number of rotatable bonds is 2. The predicted octanol–water partition coefficient (Wildman–Crippen LogP) is 0.563. The van der Waals surface area contributed by atoms with Gasteiger partial charge in [0.25, 0.3) is 0 Å². The normalized spacial score (nSPS) is 9.80. The highest BCUT2D eigenvalue weighted by Gasteiger charge is 2.07. The molecule has 0 radical (unpaired) electrons. The first kappa shape index (κ1) is 6.92. The van der Waals surface area contributed by atoms with Crippen LogP contribution >= 0.6 is 0 Å². The number of methoxy groups -OCH3 is 1. The molecular weight excluding hydrogens is 130 g/mol. The standard InChI is InChI=1S/C6H11N3O/c1-3-4-5(10-2)6(7)9-8-4/h3H2,1-2H3,(H3,7,8,9). The molecule has 0 unspecified atom stereocenters. The second-order valence-corrected chi connectivity index (χ2v) is 1.97. The summed E-state index contributed by atoms with van der Waals surface area (Å²) in [4.78, 5) is 0. The Morgan fingerprint density at radius 1 is 1.70 bits per heavy atom. The maximum atomic E-state index is 5.46. The van der Waals surface area contributed by atoms with Gasteiger partial charge in [0.1, 0.15) is 0 Å². The van der Waals surface area contributed by atoms with Crippen LogP contribution in [0.4, 0.5) is 5.82 Å². The lowest BCUT2D eigenvalue weighted by Gasteiger charge is -1.97. The first-order valence-corrected chi connectivity index (χ1v) is 3.16. The Balaban J connectivity index is 3.01. The maximum absolute atomic E-state index is 5.46. The molecule has 3 N–H and O–H groups in total. The Bertz CT molecular complexity index is 219. The van der Waals surface area contributed by atoms with Crippen molar-refractivity contribution < 1.29 is 4.74 Å². The van der Waals surface area contributed by atoms with Crippen molar-refractivity contribution in [1.82, 2.24) is 10.2 Å². The average molecular weight is 141 g/mol. The third kappa shape index (κ3) is 0.920. The highest BCUT2D eigenvalue weighted by Crippen LogP contribution is 2.22. The molecule has 0 fully saturated rings. The third-order valence-electron chi connectivity index (χ3n) is 1.38. The van der Waals surface area contributed by atoms with Gasteiger partial charge in [-0.15, -0.1) is 0 Å². The Morgan fingerprint density at radius 3 is 2.80 bits per heavy atom. The Kier molecular flexibility index (Phi) is 1.80. The van der Waals surface area contributed by atoms with E-state index in [2.05, 4.69) is 10.2 Å². The second kappa shape index (κ2) is 2.60. The zero-order chi connectivity index (χ0) is 7.56. The van der Waals surface area contributed by atoms with E-state index in [4.69, 9.17) is 10.5 Å². The van der Waals surface area contributed by atoms with Crippen molar-refractivity contribution in [1.29, 1.82) is 0 Å². The van der Waals surface area contributed by atoms with Crippen molar-refractivity contribution in [2.75, 3.05) is 12.8 Å². The summed E-state index contributed by atoms with van der Waals surface area (Å²) in [6.45, 7) is 2.01. The number of aryl methyl sites for hydroxylation is 1. The molecule has 10 heavy (non-hydrogen) atoms. The number of nitrogens with one attached hydrogen (secondary N) is 1. The van der Waals surface area contributed by atoms with E-state index in [1.807, 2.05) is 6.92 Å².